The second kappa shape index (κ2) is 3.44. The second-order valence-electron chi connectivity index (χ2n) is 3.09. The number of benzene rings is 1. The number of amides is 1. The zero-order valence-electron chi connectivity index (χ0n) is 7.92. The van der Waals surface area contributed by atoms with E-state index in [1.54, 1.807) is 0 Å². The molecule has 0 heterocycles. The van der Waals surface area contributed by atoms with E-state index in [0.717, 1.165) is 16.7 Å². The first-order chi connectivity index (χ1) is 6.04. The highest BCUT2D eigenvalue weighted by atomic mass is 16.1. The lowest BCUT2D eigenvalue weighted by Crippen LogP contribution is -2.12. The van der Waals surface area contributed by atoms with E-state index in [0.29, 0.717) is 5.57 Å². The van der Waals surface area contributed by atoms with Gasteiger partial charge in [0.15, 0.2) is 0 Å². The van der Waals surface area contributed by atoms with E-state index in [1.807, 2.05) is 32.0 Å². The molecule has 13 heavy (non-hydrogen) atoms. The Morgan fingerprint density at radius 2 is 2.00 bits per heavy atom. The lowest BCUT2D eigenvalue weighted by molar-refractivity contribution is -0.112. The first-order valence-corrected chi connectivity index (χ1v) is 4.09. The van der Waals surface area contributed by atoms with Crippen LogP contribution in [0.3, 0.4) is 0 Å². The van der Waals surface area contributed by atoms with E-state index in [-0.39, 0.29) is 0 Å². The molecule has 2 nitrogen and oxygen atoms in total. The van der Waals surface area contributed by atoms with E-state index < -0.39 is 5.91 Å². The summed E-state index contributed by atoms with van der Waals surface area (Å²) in [5.74, 6) is -0.464. The standard InChI is InChI=1S/C11H13NO/c1-7-5-4-6-10(8(7)2)9(3)11(12)13/h4-6H,3H2,1-2H3,(H2,12,13). The molecule has 2 heteroatoms. The van der Waals surface area contributed by atoms with Crippen molar-refractivity contribution in [3.8, 4) is 0 Å². The van der Waals surface area contributed by atoms with Crippen LogP contribution in [0.15, 0.2) is 24.8 Å². The quantitative estimate of drug-likeness (QED) is 0.684. The molecule has 0 aliphatic rings. The van der Waals surface area contributed by atoms with Gasteiger partial charge in [-0.15, -0.1) is 0 Å². The number of aryl methyl sites for hydroxylation is 1. The monoisotopic (exact) mass is 175 g/mol. The van der Waals surface area contributed by atoms with Crippen LogP contribution in [0.4, 0.5) is 0 Å². The third kappa shape index (κ3) is 1.78. The summed E-state index contributed by atoms with van der Waals surface area (Å²) in [5, 5.41) is 0. The first kappa shape index (κ1) is 9.52. The molecule has 1 aromatic rings. The maximum atomic E-state index is 10.9. The van der Waals surface area contributed by atoms with Gasteiger partial charge in [-0.05, 0) is 30.5 Å². The molecule has 0 fully saturated rings. The van der Waals surface area contributed by atoms with E-state index in [4.69, 9.17) is 5.73 Å². The van der Waals surface area contributed by atoms with Crippen LogP contribution >= 0.6 is 0 Å². The molecule has 0 spiro atoms. The lowest BCUT2D eigenvalue weighted by atomic mass is 9.98. The van der Waals surface area contributed by atoms with Crippen molar-refractivity contribution in [3.05, 3.63) is 41.5 Å². The van der Waals surface area contributed by atoms with E-state index >= 15 is 0 Å². The zero-order valence-corrected chi connectivity index (χ0v) is 7.92. The molecule has 0 aliphatic carbocycles. The van der Waals surface area contributed by atoms with Gasteiger partial charge in [0.05, 0.1) is 0 Å². The fourth-order valence-corrected chi connectivity index (χ4v) is 1.21. The largest absolute Gasteiger partial charge is 0.366 e. The number of primary amides is 1. The summed E-state index contributed by atoms with van der Waals surface area (Å²) in [4.78, 5) is 10.9. The SMILES string of the molecule is C=C(C(N)=O)c1cccc(C)c1C. The summed E-state index contributed by atoms with van der Waals surface area (Å²) in [6, 6.07) is 5.74. The zero-order chi connectivity index (χ0) is 10.0. The molecule has 0 aliphatic heterocycles. The Balaban J connectivity index is 3.23. The topological polar surface area (TPSA) is 43.1 Å². The van der Waals surface area contributed by atoms with Crippen molar-refractivity contribution >= 4 is 11.5 Å². The first-order valence-electron chi connectivity index (χ1n) is 4.09. The van der Waals surface area contributed by atoms with Gasteiger partial charge < -0.3 is 5.73 Å². The number of carbonyl (C=O) groups excluding carboxylic acids is 1. The van der Waals surface area contributed by atoms with E-state index in [1.165, 1.54) is 0 Å². The van der Waals surface area contributed by atoms with Crippen LogP contribution in [0, 0.1) is 13.8 Å². The number of hydrogen-bond acceptors (Lipinski definition) is 1. The Hall–Kier alpha value is -1.57. The van der Waals surface area contributed by atoms with Gasteiger partial charge in [-0.2, -0.15) is 0 Å². The molecular formula is C11H13NO. The van der Waals surface area contributed by atoms with E-state index in [9.17, 15) is 4.79 Å². The van der Waals surface area contributed by atoms with Gasteiger partial charge in [0.2, 0.25) is 5.91 Å². The van der Waals surface area contributed by atoms with Crippen LogP contribution in [-0.2, 0) is 4.79 Å². The maximum Gasteiger partial charge on any atom is 0.248 e. The van der Waals surface area contributed by atoms with Crippen LogP contribution in [0.2, 0.25) is 0 Å². The Bertz CT molecular complexity index is 366. The molecule has 1 amide bonds. The minimum Gasteiger partial charge on any atom is -0.366 e. The van der Waals surface area contributed by atoms with Crippen molar-refractivity contribution in [2.45, 2.75) is 13.8 Å². The molecule has 0 radical (unpaired) electrons. The van der Waals surface area contributed by atoms with Crippen LogP contribution in [0.25, 0.3) is 5.57 Å². The van der Waals surface area contributed by atoms with Gasteiger partial charge in [0, 0.05) is 5.57 Å². The van der Waals surface area contributed by atoms with Crippen molar-refractivity contribution in [3.63, 3.8) is 0 Å². The van der Waals surface area contributed by atoms with E-state index in [2.05, 4.69) is 6.58 Å². The summed E-state index contributed by atoms with van der Waals surface area (Å²) in [6.45, 7) is 7.60. The van der Waals surface area contributed by atoms with Gasteiger partial charge in [0.1, 0.15) is 0 Å². The molecule has 0 saturated heterocycles. The smallest absolute Gasteiger partial charge is 0.248 e. The fourth-order valence-electron chi connectivity index (χ4n) is 1.21. The average Bonchev–Trinajstić information content (AvgIpc) is 2.08. The Kier molecular flexibility index (Phi) is 2.52. The molecule has 68 valence electrons. The fraction of sp³-hybridized carbons (Fsp3) is 0.182. The number of carbonyl (C=O) groups is 1. The van der Waals surface area contributed by atoms with Crippen molar-refractivity contribution in [2.24, 2.45) is 5.73 Å². The summed E-state index contributed by atoms with van der Waals surface area (Å²) >= 11 is 0. The molecule has 1 rings (SSSR count). The molecule has 2 N–H and O–H groups in total. The highest BCUT2D eigenvalue weighted by Crippen LogP contribution is 2.19. The third-order valence-electron chi connectivity index (χ3n) is 2.23. The Morgan fingerprint density at radius 1 is 1.38 bits per heavy atom. The third-order valence-corrected chi connectivity index (χ3v) is 2.23. The molecule has 0 bridgehead atoms. The van der Waals surface area contributed by atoms with Crippen molar-refractivity contribution in [1.82, 2.24) is 0 Å². The minimum absolute atomic E-state index is 0.376. The van der Waals surface area contributed by atoms with Gasteiger partial charge in [-0.25, -0.2) is 0 Å². The predicted molar refractivity (Wildman–Crippen MR) is 54.1 cm³/mol. The molecule has 0 aromatic heterocycles. The molecule has 0 unspecified atom stereocenters. The molecule has 1 aromatic carbocycles. The molecule has 0 atom stereocenters. The van der Waals surface area contributed by atoms with Crippen molar-refractivity contribution in [2.75, 3.05) is 0 Å². The van der Waals surface area contributed by atoms with Gasteiger partial charge in [-0.1, -0.05) is 24.8 Å². The van der Waals surface area contributed by atoms with Gasteiger partial charge >= 0.3 is 0 Å². The number of nitrogens with two attached hydrogens (primary N) is 1. The normalized spacial score (nSPS) is 9.69. The Morgan fingerprint density at radius 3 is 2.54 bits per heavy atom. The van der Waals surface area contributed by atoms with Crippen LogP contribution < -0.4 is 5.73 Å². The van der Waals surface area contributed by atoms with Crippen LogP contribution in [0.5, 0.6) is 0 Å². The lowest BCUT2D eigenvalue weighted by Gasteiger charge is -2.07. The highest BCUT2D eigenvalue weighted by Gasteiger charge is 2.08. The summed E-state index contributed by atoms with van der Waals surface area (Å²) in [5.41, 5.74) is 8.57. The number of hydrogen-bond donors (Lipinski definition) is 1. The average molecular weight is 175 g/mol. The second-order valence-corrected chi connectivity index (χ2v) is 3.09. The van der Waals surface area contributed by atoms with Crippen molar-refractivity contribution < 1.29 is 4.79 Å². The van der Waals surface area contributed by atoms with Gasteiger partial charge in [-0.3, -0.25) is 4.79 Å². The Labute approximate surface area is 78.1 Å². The predicted octanol–water partition coefficient (Wildman–Crippen LogP) is 1.80. The van der Waals surface area contributed by atoms with Gasteiger partial charge in [0.25, 0.3) is 0 Å². The summed E-state index contributed by atoms with van der Waals surface area (Å²) in [6.07, 6.45) is 0. The highest BCUT2D eigenvalue weighted by molar-refractivity contribution is 6.18. The molecule has 0 saturated carbocycles. The van der Waals surface area contributed by atoms with Crippen LogP contribution in [-0.4, -0.2) is 5.91 Å². The molecular weight excluding hydrogens is 162 g/mol. The van der Waals surface area contributed by atoms with Crippen LogP contribution in [0.1, 0.15) is 16.7 Å². The summed E-state index contributed by atoms with van der Waals surface area (Å²) in [7, 11) is 0. The number of rotatable bonds is 2. The summed E-state index contributed by atoms with van der Waals surface area (Å²) < 4.78 is 0. The minimum atomic E-state index is -0.464. The maximum absolute atomic E-state index is 10.9. The van der Waals surface area contributed by atoms with Crippen molar-refractivity contribution in [1.29, 1.82) is 0 Å².